The molecule has 1 aromatic heterocycles. The number of rotatable bonds is 2. The molecule has 7 nitrogen and oxygen atoms in total. The zero-order chi connectivity index (χ0) is 12.6. The Morgan fingerprint density at radius 2 is 2.24 bits per heavy atom. The molecule has 0 spiro atoms. The number of nitrogens with zero attached hydrogens (tertiary/aromatic N) is 1. The molecule has 1 aliphatic heterocycles. The molecule has 17 heavy (non-hydrogen) atoms. The zero-order valence-electron chi connectivity index (χ0n) is 9.24. The smallest absolute Gasteiger partial charge is 0.330 e. The van der Waals surface area contributed by atoms with E-state index in [2.05, 4.69) is 4.98 Å². The second-order valence-electron chi connectivity index (χ2n) is 4.11. The molecule has 1 fully saturated rings. The maximum Gasteiger partial charge on any atom is 0.330 e. The summed E-state index contributed by atoms with van der Waals surface area (Å²) in [6, 6.07) is 1.20. The van der Waals surface area contributed by atoms with Gasteiger partial charge in [0.2, 0.25) is 0 Å². The Labute approximate surface area is 96.3 Å². The topological polar surface area (TPSA) is 105 Å². The third-order valence-electron chi connectivity index (χ3n) is 2.99. The minimum Gasteiger partial charge on any atom is -0.394 e. The summed E-state index contributed by atoms with van der Waals surface area (Å²) in [6.07, 6.45) is -0.932. The lowest BCUT2D eigenvalue weighted by atomic mass is 10.0. The van der Waals surface area contributed by atoms with Gasteiger partial charge in [0.1, 0.15) is 12.3 Å². The molecule has 3 N–H and O–H groups in total. The molecule has 4 atom stereocenters. The van der Waals surface area contributed by atoms with Crippen LogP contribution in [0.4, 0.5) is 0 Å². The first-order valence-corrected chi connectivity index (χ1v) is 5.30. The fourth-order valence-electron chi connectivity index (χ4n) is 1.99. The van der Waals surface area contributed by atoms with E-state index in [0.29, 0.717) is 0 Å². The molecule has 0 aromatic carbocycles. The van der Waals surface area contributed by atoms with Gasteiger partial charge in [0.25, 0.3) is 5.56 Å². The van der Waals surface area contributed by atoms with Crippen molar-refractivity contribution in [2.24, 2.45) is 5.92 Å². The van der Waals surface area contributed by atoms with Gasteiger partial charge in [-0.25, -0.2) is 4.79 Å². The first-order chi connectivity index (χ1) is 8.04. The molecular formula is C10H14N2O5. The summed E-state index contributed by atoms with van der Waals surface area (Å²) in [7, 11) is 0. The van der Waals surface area contributed by atoms with Crippen molar-refractivity contribution in [1.29, 1.82) is 0 Å². The van der Waals surface area contributed by atoms with E-state index >= 15 is 0 Å². The van der Waals surface area contributed by atoms with Gasteiger partial charge in [-0.2, -0.15) is 0 Å². The van der Waals surface area contributed by atoms with Crippen molar-refractivity contribution in [2.45, 2.75) is 25.4 Å². The number of ether oxygens (including phenoxy) is 1. The number of H-pyrrole nitrogens is 1. The van der Waals surface area contributed by atoms with Crippen molar-refractivity contribution >= 4 is 0 Å². The van der Waals surface area contributed by atoms with Crippen LogP contribution in [0, 0.1) is 5.92 Å². The van der Waals surface area contributed by atoms with Crippen LogP contribution in [0.5, 0.6) is 0 Å². The molecule has 1 aliphatic rings. The lowest BCUT2D eigenvalue weighted by Crippen LogP contribution is -2.33. The fourth-order valence-corrected chi connectivity index (χ4v) is 1.99. The van der Waals surface area contributed by atoms with E-state index in [-0.39, 0.29) is 12.5 Å². The van der Waals surface area contributed by atoms with Gasteiger partial charge in [-0.3, -0.25) is 14.3 Å². The minimum atomic E-state index is -0.844. The van der Waals surface area contributed by atoms with Crippen LogP contribution in [-0.2, 0) is 4.74 Å². The highest BCUT2D eigenvalue weighted by Gasteiger charge is 2.41. The standard InChI is InChI=1S/C10H14N2O5/c1-5-8(15)6(4-13)17-9(5)12-3-2-7(14)11-10(12)16/h2-3,5-6,8-9,13,15H,4H2,1H3,(H,11,14,16)/t5?,6-,8+,9?/m1/s1. The molecule has 0 bridgehead atoms. The van der Waals surface area contributed by atoms with E-state index in [1.165, 1.54) is 16.8 Å². The van der Waals surface area contributed by atoms with E-state index in [9.17, 15) is 14.7 Å². The van der Waals surface area contributed by atoms with Crippen molar-refractivity contribution in [3.63, 3.8) is 0 Å². The van der Waals surface area contributed by atoms with E-state index < -0.39 is 29.7 Å². The van der Waals surface area contributed by atoms with Crippen molar-refractivity contribution < 1.29 is 14.9 Å². The third kappa shape index (κ3) is 2.04. The lowest BCUT2D eigenvalue weighted by Gasteiger charge is -2.17. The van der Waals surface area contributed by atoms with Gasteiger partial charge in [0.05, 0.1) is 12.7 Å². The Morgan fingerprint density at radius 3 is 2.76 bits per heavy atom. The van der Waals surface area contributed by atoms with Crippen molar-refractivity contribution in [2.75, 3.05) is 6.61 Å². The zero-order valence-corrected chi connectivity index (χ0v) is 9.24. The Balaban J connectivity index is 2.35. The quantitative estimate of drug-likeness (QED) is 0.580. The molecule has 0 aliphatic carbocycles. The summed E-state index contributed by atoms with van der Waals surface area (Å²) in [5.41, 5.74) is -1.09. The van der Waals surface area contributed by atoms with Gasteiger partial charge in [-0.05, 0) is 0 Å². The van der Waals surface area contributed by atoms with Crippen LogP contribution in [0.15, 0.2) is 21.9 Å². The Morgan fingerprint density at radius 1 is 1.53 bits per heavy atom. The van der Waals surface area contributed by atoms with Crippen molar-refractivity contribution in [1.82, 2.24) is 9.55 Å². The maximum atomic E-state index is 11.6. The summed E-state index contributed by atoms with van der Waals surface area (Å²) in [6.45, 7) is 1.39. The van der Waals surface area contributed by atoms with Crippen LogP contribution < -0.4 is 11.2 Å². The first kappa shape index (κ1) is 12.0. The van der Waals surface area contributed by atoms with E-state index in [4.69, 9.17) is 9.84 Å². The number of aromatic nitrogens is 2. The van der Waals surface area contributed by atoms with Crippen molar-refractivity contribution in [3.05, 3.63) is 33.1 Å². The summed E-state index contributed by atoms with van der Waals surface area (Å²) in [5, 5.41) is 18.8. The molecule has 1 aromatic rings. The molecule has 0 saturated carbocycles. The molecule has 0 amide bonds. The van der Waals surface area contributed by atoms with Gasteiger partial charge in [0.15, 0.2) is 0 Å². The summed E-state index contributed by atoms with van der Waals surface area (Å²) in [4.78, 5) is 24.6. The fraction of sp³-hybridized carbons (Fsp3) is 0.600. The van der Waals surface area contributed by atoms with Crippen LogP contribution in [-0.4, -0.2) is 38.6 Å². The number of aliphatic hydroxyl groups is 2. The highest BCUT2D eigenvalue weighted by Crippen LogP contribution is 2.32. The van der Waals surface area contributed by atoms with Crippen LogP contribution in [0.2, 0.25) is 0 Å². The number of nitrogens with one attached hydrogen (secondary N) is 1. The van der Waals surface area contributed by atoms with Crippen LogP contribution in [0.3, 0.4) is 0 Å². The Bertz CT molecular complexity index is 508. The molecule has 0 radical (unpaired) electrons. The largest absolute Gasteiger partial charge is 0.394 e. The summed E-state index contributed by atoms with van der Waals surface area (Å²) >= 11 is 0. The summed E-state index contributed by atoms with van der Waals surface area (Å²) in [5.74, 6) is -0.351. The number of hydrogen-bond donors (Lipinski definition) is 3. The Kier molecular flexibility index (Phi) is 3.14. The maximum absolute atomic E-state index is 11.6. The molecule has 7 heteroatoms. The van der Waals surface area contributed by atoms with Gasteiger partial charge in [-0.15, -0.1) is 0 Å². The number of hydrogen-bond acceptors (Lipinski definition) is 5. The van der Waals surface area contributed by atoms with Gasteiger partial charge < -0.3 is 14.9 Å². The van der Waals surface area contributed by atoms with Gasteiger partial charge in [-0.1, -0.05) is 6.92 Å². The molecular weight excluding hydrogens is 228 g/mol. The second kappa shape index (κ2) is 4.44. The average molecular weight is 242 g/mol. The van der Waals surface area contributed by atoms with E-state index in [1.54, 1.807) is 6.92 Å². The minimum absolute atomic E-state index is 0.319. The molecule has 1 saturated heterocycles. The second-order valence-corrected chi connectivity index (χ2v) is 4.11. The van der Waals surface area contributed by atoms with Crippen LogP contribution in [0.25, 0.3) is 0 Å². The SMILES string of the molecule is CC1C(n2ccc(=O)[nH]c2=O)O[C@H](CO)[C@H]1O. The van der Waals surface area contributed by atoms with Crippen LogP contribution in [0.1, 0.15) is 13.2 Å². The highest BCUT2D eigenvalue weighted by atomic mass is 16.5. The number of aliphatic hydroxyl groups excluding tert-OH is 2. The van der Waals surface area contributed by atoms with Crippen LogP contribution >= 0.6 is 0 Å². The molecule has 2 rings (SSSR count). The highest BCUT2D eigenvalue weighted by molar-refractivity contribution is 4.91. The number of aromatic amines is 1. The Hall–Kier alpha value is -1.44. The predicted molar refractivity (Wildman–Crippen MR) is 57.5 cm³/mol. The predicted octanol–water partition coefficient (Wildman–Crippen LogP) is -1.58. The average Bonchev–Trinajstić information content (AvgIpc) is 2.57. The van der Waals surface area contributed by atoms with E-state index in [1.807, 2.05) is 0 Å². The molecule has 2 unspecified atom stereocenters. The monoisotopic (exact) mass is 242 g/mol. The van der Waals surface area contributed by atoms with Crippen molar-refractivity contribution in [3.8, 4) is 0 Å². The third-order valence-corrected chi connectivity index (χ3v) is 2.99. The van der Waals surface area contributed by atoms with Gasteiger partial charge in [0, 0.05) is 18.2 Å². The normalized spacial score (nSPS) is 32.9. The molecule has 94 valence electrons. The van der Waals surface area contributed by atoms with Gasteiger partial charge >= 0.3 is 5.69 Å². The summed E-state index contributed by atoms with van der Waals surface area (Å²) < 4.78 is 6.58. The first-order valence-electron chi connectivity index (χ1n) is 5.30. The molecule has 2 heterocycles. The lowest BCUT2D eigenvalue weighted by molar-refractivity contribution is -0.0477. The van der Waals surface area contributed by atoms with E-state index in [0.717, 1.165) is 0 Å².